The van der Waals surface area contributed by atoms with Crippen LogP contribution in [-0.4, -0.2) is 13.2 Å². The summed E-state index contributed by atoms with van der Waals surface area (Å²) in [5.74, 6) is -0.366. The van der Waals surface area contributed by atoms with E-state index in [1.165, 1.54) is 6.07 Å². The quantitative estimate of drug-likeness (QED) is 0.793. The Morgan fingerprint density at radius 1 is 1.29 bits per heavy atom. The number of anilines is 1. The van der Waals surface area contributed by atoms with Crippen LogP contribution in [0.2, 0.25) is 0 Å². The first-order valence-corrected chi connectivity index (χ1v) is 6.98. The molecule has 0 unspecified atom stereocenters. The third kappa shape index (κ3) is 4.11. The minimum absolute atomic E-state index is 0.249. The molecule has 0 aromatic heterocycles. The van der Waals surface area contributed by atoms with Gasteiger partial charge in [0, 0.05) is 5.69 Å². The summed E-state index contributed by atoms with van der Waals surface area (Å²) >= 11 is 0. The summed E-state index contributed by atoms with van der Waals surface area (Å²) < 4.78 is 35.5. The molecule has 0 bridgehead atoms. The van der Waals surface area contributed by atoms with E-state index in [1.807, 2.05) is 0 Å². The van der Waals surface area contributed by atoms with Gasteiger partial charge >= 0.3 is 7.75 Å². The van der Waals surface area contributed by atoms with Gasteiger partial charge in [-0.25, -0.2) is 8.96 Å². The first-order valence-electron chi connectivity index (χ1n) is 5.44. The van der Waals surface area contributed by atoms with E-state index in [4.69, 9.17) is 9.05 Å². The summed E-state index contributed by atoms with van der Waals surface area (Å²) in [6.45, 7) is 5.58. The van der Waals surface area contributed by atoms with Crippen molar-refractivity contribution in [1.29, 1.82) is 0 Å². The molecule has 6 heteroatoms. The number of nitrogens with one attached hydrogen (secondary N) is 1. The maximum atomic E-state index is 13.3. The van der Waals surface area contributed by atoms with Crippen LogP contribution >= 0.6 is 7.75 Å². The van der Waals surface area contributed by atoms with Crippen molar-refractivity contribution in [1.82, 2.24) is 0 Å². The highest BCUT2D eigenvalue weighted by atomic mass is 31.2. The third-order valence-electron chi connectivity index (χ3n) is 2.04. The van der Waals surface area contributed by atoms with Crippen LogP contribution in [-0.2, 0) is 13.6 Å². The molecule has 0 saturated heterocycles. The zero-order valence-electron chi connectivity index (χ0n) is 10.2. The SMILES string of the molecule is CCOP(=O)(Nc1ccc(C)c(F)c1)OCC. The second-order valence-corrected chi connectivity index (χ2v) is 5.14. The standard InChI is InChI=1S/C11H17FNO3P/c1-4-15-17(14,16-5-2)13-10-7-6-9(3)11(12)8-10/h6-8H,4-5H2,1-3H3,(H,13,14). The highest BCUT2D eigenvalue weighted by Gasteiger charge is 2.23. The normalized spacial score (nSPS) is 11.5. The molecule has 0 atom stereocenters. The van der Waals surface area contributed by atoms with Crippen LogP contribution in [0.1, 0.15) is 19.4 Å². The minimum atomic E-state index is -3.39. The lowest BCUT2D eigenvalue weighted by atomic mass is 10.2. The van der Waals surface area contributed by atoms with E-state index in [9.17, 15) is 8.96 Å². The summed E-state index contributed by atoms with van der Waals surface area (Å²) in [5, 5.41) is 2.60. The fourth-order valence-corrected chi connectivity index (χ4v) is 2.60. The number of rotatable bonds is 6. The number of benzene rings is 1. The Balaban J connectivity index is 2.86. The average Bonchev–Trinajstić information content (AvgIpc) is 2.24. The van der Waals surface area contributed by atoms with E-state index in [-0.39, 0.29) is 19.0 Å². The number of halogens is 1. The largest absolute Gasteiger partial charge is 0.432 e. The summed E-state index contributed by atoms with van der Waals surface area (Å²) in [6.07, 6.45) is 0. The van der Waals surface area contributed by atoms with Crippen molar-refractivity contribution in [3.8, 4) is 0 Å². The molecule has 0 aliphatic carbocycles. The Hall–Kier alpha value is -0.900. The maximum absolute atomic E-state index is 13.3. The van der Waals surface area contributed by atoms with E-state index in [2.05, 4.69) is 5.09 Å². The summed E-state index contributed by atoms with van der Waals surface area (Å²) in [7, 11) is -3.39. The van der Waals surface area contributed by atoms with Crippen LogP contribution in [0.25, 0.3) is 0 Å². The molecular weight excluding hydrogens is 244 g/mol. The van der Waals surface area contributed by atoms with Gasteiger partial charge < -0.3 is 0 Å². The zero-order valence-corrected chi connectivity index (χ0v) is 11.1. The van der Waals surface area contributed by atoms with Crippen molar-refractivity contribution < 1.29 is 18.0 Å². The maximum Gasteiger partial charge on any atom is 0.432 e. The predicted octanol–water partition coefficient (Wildman–Crippen LogP) is 3.73. The number of hydrogen-bond acceptors (Lipinski definition) is 3. The summed E-state index contributed by atoms with van der Waals surface area (Å²) in [5.41, 5.74) is 0.900. The second kappa shape index (κ2) is 6.15. The molecule has 96 valence electrons. The van der Waals surface area contributed by atoms with Gasteiger partial charge in [0.15, 0.2) is 0 Å². The molecule has 0 heterocycles. The fraction of sp³-hybridized carbons (Fsp3) is 0.455. The molecule has 17 heavy (non-hydrogen) atoms. The lowest BCUT2D eigenvalue weighted by molar-refractivity contribution is 0.225. The van der Waals surface area contributed by atoms with Gasteiger partial charge in [0.25, 0.3) is 0 Å². The van der Waals surface area contributed by atoms with E-state index < -0.39 is 7.75 Å². The zero-order chi connectivity index (χ0) is 12.9. The molecule has 0 fully saturated rings. The Morgan fingerprint density at radius 3 is 2.35 bits per heavy atom. The highest BCUT2D eigenvalue weighted by molar-refractivity contribution is 7.55. The van der Waals surface area contributed by atoms with E-state index in [0.29, 0.717) is 11.3 Å². The predicted molar refractivity (Wildman–Crippen MR) is 65.6 cm³/mol. The van der Waals surface area contributed by atoms with E-state index >= 15 is 0 Å². The lowest BCUT2D eigenvalue weighted by Gasteiger charge is -2.18. The van der Waals surface area contributed by atoms with Crippen molar-refractivity contribution in [2.75, 3.05) is 18.3 Å². The van der Waals surface area contributed by atoms with Gasteiger partial charge in [0.2, 0.25) is 0 Å². The van der Waals surface area contributed by atoms with Crippen molar-refractivity contribution in [3.63, 3.8) is 0 Å². The molecule has 1 aromatic rings. The van der Waals surface area contributed by atoms with Gasteiger partial charge in [-0.2, -0.15) is 0 Å². The second-order valence-electron chi connectivity index (χ2n) is 3.41. The first kappa shape index (κ1) is 14.2. The molecule has 1 N–H and O–H groups in total. The van der Waals surface area contributed by atoms with Gasteiger partial charge in [0.05, 0.1) is 13.2 Å². The van der Waals surface area contributed by atoms with Crippen LogP contribution < -0.4 is 5.09 Å². The Morgan fingerprint density at radius 2 is 1.88 bits per heavy atom. The minimum Gasteiger partial charge on any atom is -0.293 e. The number of aryl methyl sites for hydroxylation is 1. The van der Waals surface area contributed by atoms with Gasteiger partial charge in [-0.3, -0.25) is 14.1 Å². The van der Waals surface area contributed by atoms with Crippen LogP contribution in [0.15, 0.2) is 18.2 Å². The topological polar surface area (TPSA) is 47.6 Å². The molecular formula is C11H17FNO3P. The number of hydrogen-bond donors (Lipinski definition) is 1. The molecule has 1 aromatic carbocycles. The molecule has 0 saturated carbocycles. The summed E-state index contributed by atoms with van der Waals surface area (Å²) in [6, 6.07) is 4.49. The van der Waals surface area contributed by atoms with Gasteiger partial charge in [-0.15, -0.1) is 0 Å². The monoisotopic (exact) mass is 261 g/mol. The van der Waals surface area contributed by atoms with Crippen molar-refractivity contribution >= 4 is 13.4 Å². The van der Waals surface area contributed by atoms with Crippen LogP contribution in [0, 0.1) is 12.7 Å². The third-order valence-corrected chi connectivity index (χ3v) is 3.76. The van der Waals surface area contributed by atoms with Crippen LogP contribution in [0.3, 0.4) is 0 Å². The molecule has 4 nitrogen and oxygen atoms in total. The lowest BCUT2D eigenvalue weighted by Crippen LogP contribution is -2.05. The fourth-order valence-electron chi connectivity index (χ4n) is 1.26. The Labute approximate surface area is 101 Å². The molecule has 0 aliphatic rings. The first-order chi connectivity index (χ1) is 8.00. The van der Waals surface area contributed by atoms with E-state index in [0.717, 1.165) is 0 Å². The van der Waals surface area contributed by atoms with Crippen molar-refractivity contribution in [2.45, 2.75) is 20.8 Å². The van der Waals surface area contributed by atoms with Crippen molar-refractivity contribution in [2.24, 2.45) is 0 Å². The molecule has 0 spiro atoms. The van der Waals surface area contributed by atoms with Gasteiger partial charge in [-0.05, 0) is 38.5 Å². The smallest absolute Gasteiger partial charge is 0.293 e. The van der Waals surface area contributed by atoms with Crippen LogP contribution in [0.4, 0.5) is 10.1 Å². The van der Waals surface area contributed by atoms with Gasteiger partial charge in [-0.1, -0.05) is 6.07 Å². The Bertz CT molecular complexity index is 415. The molecule has 0 radical (unpaired) electrons. The molecule has 0 aliphatic heterocycles. The highest BCUT2D eigenvalue weighted by Crippen LogP contribution is 2.47. The van der Waals surface area contributed by atoms with Gasteiger partial charge in [0.1, 0.15) is 5.82 Å². The van der Waals surface area contributed by atoms with E-state index in [1.54, 1.807) is 32.9 Å². The molecule has 0 amide bonds. The van der Waals surface area contributed by atoms with Crippen molar-refractivity contribution in [3.05, 3.63) is 29.6 Å². The molecule has 1 rings (SSSR count). The Kier molecular flexibility index (Phi) is 5.12. The van der Waals surface area contributed by atoms with Crippen LogP contribution in [0.5, 0.6) is 0 Å². The summed E-state index contributed by atoms with van der Waals surface area (Å²) in [4.78, 5) is 0. The average molecular weight is 261 g/mol.